The van der Waals surface area contributed by atoms with Gasteiger partial charge in [0.05, 0.1) is 23.3 Å². The average Bonchev–Trinajstić information content (AvgIpc) is 2.91. The molecule has 0 saturated carbocycles. The molecule has 4 nitrogen and oxygen atoms in total. The number of para-hydroxylation sites is 1. The van der Waals surface area contributed by atoms with Gasteiger partial charge in [-0.25, -0.2) is 0 Å². The summed E-state index contributed by atoms with van der Waals surface area (Å²) in [4.78, 5) is 0. The first-order valence-corrected chi connectivity index (χ1v) is 8.37. The van der Waals surface area contributed by atoms with E-state index in [1.165, 1.54) is 0 Å². The molecule has 2 atom stereocenters. The zero-order valence-corrected chi connectivity index (χ0v) is 13.7. The van der Waals surface area contributed by atoms with Crippen molar-refractivity contribution in [2.45, 2.75) is 37.4 Å². The maximum Gasteiger partial charge on any atom is 0.137 e. The lowest BCUT2D eigenvalue weighted by Gasteiger charge is -2.37. The molecule has 21 heavy (non-hydrogen) atoms. The average molecular weight is 356 g/mol. The molecule has 2 aliphatic rings. The lowest BCUT2D eigenvalue weighted by Crippen LogP contribution is -2.44. The Morgan fingerprint density at radius 1 is 1.38 bits per heavy atom. The molecule has 0 aromatic heterocycles. The van der Waals surface area contributed by atoms with Crippen LogP contribution >= 0.6 is 15.9 Å². The summed E-state index contributed by atoms with van der Waals surface area (Å²) in [5.74, 6) is 0.934. The van der Waals surface area contributed by atoms with Gasteiger partial charge in [-0.2, -0.15) is 0 Å². The third-order valence-electron chi connectivity index (χ3n) is 4.26. The van der Waals surface area contributed by atoms with Gasteiger partial charge in [-0.15, -0.1) is 0 Å². The summed E-state index contributed by atoms with van der Waals surface area (Å²) in [6, 6.07) is 6.13. The van der Waals surface area contributed by atoms with Gasteiger partial charge in [0, 0.05) is 25.9 Å². The van der Waals surface area contributed by atoms with E-state index in [4.69, 9.17) is 19.9 Å². The van der Waals surface area contributed by atoms with Crippen LogP contribution in [0.4, 0.5) is 0 Å². The highest BCUT2D eigenvalue weighted by Crippen LogP contribution is 2.37. The largest absolute Gasteiger partial charge is 0.489 e. The first-order chi connectivity index (χ1) is 10.2. The second-order valence-electron chi connectivity index (χ2n) is 5.83. The van der Waals surface area contributed by atoms with Gasteiger partial charge in [0.1, 0.15) is 11.9 Å². The van der Waals surface area contributed by atoms with Gasteiger partial charge in [-0.1, -0.05) is 12.1 Å². The van der Waals surface area contributed by atoms with Crippen LogP contribution < -0.4 is 10.5 Å². The molecule has 5 heteroatoms. The summed E-state index contributed by atoms with van der Waals surface area (Å²) in [7, 11) is 0. The second kappa shape index (κ2) is 6.65. The molecule has 2 aliphatic heterocycles. The van der Waals surface area contributed by atoms with Crippen molar-refractivity contribution in [1.29, 1.82) is 0 Å². The molecule has 2 unspecified atom stereocenters. The number of ether oxygens (including phenoxy) is 3. The van der Waals surface area contributed by atoms with Gasteiger partial charge in [0.2, 0.25) is 0 Å². The maximum atomic E-state index is 6.32. The number of hydrogen-bond donors (Lipinski definition) is 1. The predicted molar refractivity (Wildman–Crippen MR) is 84.7 cm³/mol. The van der Waals surface area contributed by atoms with Crippen molar-refractivity contribution in [2.75, 3.05) is 26.4 Å². The van der Waals surface area contributed by atoms with Crippen molar-refractivity contribution < 1.29 is 14.2 Å². The smallest absolute Gasteiger partial charge is 0.137 e. The Morgan fingerprint density at radius 3 is 3.05 bits per heavy atom. The molecule has 116 valence electrons. The highest BCUT2D eigenvalue weighted by atomic mass is 79.9. The fourth-order valence-corrected chi connectivity index (χ4v) is 3.65. The Labute approximate surface area is 134 Å². The normalized spacial score (nSPS) is 29.0. The first-order valence-electron chi connectivity index (χ1n) is 7.58. The van der Waals surface area contributed by atoms with E-state index in [9.17, 15) is 0 Å². The summed E-state index contributed by atoms with van der Waals surface area (Å²) < 4.78 is 18.8. The van der Waals surface area contributed by atoms with Gasteiger partial charge in [0.15, 0.2) is 0 Å². The van der Waals surface area contributed by atoms with Crippen LogP contribution in [0.2, 0.25) is 0 Å². The van der Waals surface area contributed by atoms with Crippen molar-refractivity contribution in [2.24, 2.45) is 5.73 Å². The van der Waals surface area contributed by atoms with E-state index in [0.717, 1.165) is 54.7 Å². The van der Waals surface area contributed by atoms with Gasteiger partial charge in [-0.3, -0.25) is 0 Å². The van der Waals surface area contributed by atoms with Crippen molar-refractivity contribution in [1.82, 2.24) is 0 Å². The molecule has 1 aromatic rings. The van der Waals surface area contributed by atoms with Gasteiger partial charge in [-0.05, 0) is 40.5 Å². The molecule has 2 heterocycles. The molecule has 3 rings (SSSR count). The number of nitrogens with two attached hydrogens (primary N) is 1. The molecular formula is C16H22BrNO3. The molecule has 2 fully saturated rings. The molecule has 1 spiro atoms. The van der Waals surface area contributed by atoms with Crippen LogP contribution in [0.3, 0.4) is 0 Å². The van der Waals surface area contributed by atoms with Crippen LogP contribution in [0.5, 0.6) is 5.75 Å². The van der Waals surface area contributed by atoms with E-state index >= 15 is 0 Å². The van der Waals surface area contributed by atoms with Crippen molar-refractivity contribution >= 4 is 15.9 Å². The Balaban J connectivity index is 1.74. The molecule has 0 amide bonds. The molecule has 0 aliphatic carbocycles. The minimum atomic E-state index is -0.127. The molecule has 0 radical (unpaired) electrons. The third-order valence-corrected chi connectivity index (χ3v) is 4.89. The van der Waals surface area contributed by atoms with Crippen LogP contribution in [0, 0.1) is 0 Å². The summed E-state index contributed by atoms with van der Waals surface area (Å²) in [5.41, 5.74) is 6.74. The Bertz CT molecular complexity index is 488. The van der Waals surface area contributed by atoms with Crippen molar-refractivity contribution in [3.05, 3.63) is 28.2 Å². The lowest BCUT2D eigenvalue weighted by atomic mass is 9.91. The van der Waals surface area contributed by atoms with Gasteiger partial charge < -0.3 is 19.9 Å². The van der Waals surface area contributed by atoms with Crippen LogP contribution in [-0.2, 0) is 15.9 Å². The number of benzene rings is 1. The lowest BCUT2D eigenvalue weighted by molar-refractivity contribution is -0.112. The van der Waals surface area contributed by atoms with Crippen LogP contribution in [-0.4, -0.2) is 38.1 Å². The number of hydrogen-bond acceptors (Lipinski definition) is 4. The van der Waals surface area contributed by atoms with Gasteiger partial charge in [0.25, 0.3) is 0 Å². The van der Waals surface area contributed by atoms with Gasteiger partial charge >= 0.3 is 0 Å². The topological polar surface area (TPSA) is 53.7 Å². The zero-order chi connectivity index (χ0) is 14.7. The fourth-order valence-electron chi connectivity index (χ4n) is 3.15. The van der Waals surface area contributed by atoms with E-state index < -0.39 is 0 Å². The Hall–Kier alpha value is -0.620. The highest BCUT2D eigenvalue weighted by Gasteiger charge is 2.42. The highest BCUT2D eigenvalue weighted by molar-refractivity contribution is 9.10. The summed E-state index contributed by atoms with van der Waals surface area (Å²) in [6.45, 7) is 2.85. The number of rotatable bonds is 4. The van der Waals surface area contributed by atoms with Crippen molar-refractivity contribution in [3.63, 3.8) is 0 Å². The Morgan fingerprint density at radius 2 is 2.29 bits per heavy atom. The Kier molecular flexibility index (Phi) is 4.84. The minimum Gasteiger partial charge on any atom is -0.489 e. The summed E-state index contributed by atoms with van der Waals surface area (Å²) in [6.07, 6.45) is 3.79. The van der Waals surface area contributed by atoms with E-state index in [2.05, 4.69) is 22.0 Å². The van der Waals surface area contributed by atoms with Crippen LogP contribution in [0.15, 0.2) is 22.7 Å². The molecule has 2 N–H and O–H groups in total. The molecule has 1 aromatic carbocycles. The van der Waals surface area contributed by atoms with E-state index in [-0.39, 0.29) is 11.7 Å². The minimum absolute atomic E-state index is 0.127. The van der Waals surface area contributed by atoms with Crippen LogP contribution in [0.1, 0.15) is 24.8 Å². The zero-order valence-electron chi connectivity index (χ0n) is 12.1. The number of halogens is 1. The third kappa shape index (κ3) is 3.42. The summed E-state index contributed by atoms with van der Waals surface area (Å²) >= 11 is 3.60. The fraction of sp³-hybridized carbons (Fsp3) is 0.625. The van der Waals surface area contributed by atoms with Crippen molar-refractivity contribution in [3.8, 4) is 5.75 Å². The van der Waals surface area contributed by atoms with E-state index in [1.54, 1.807) is 0 Å². The maximum absolute atomic E-state index is 6.32. The first kappa shape index (κ1) is 15.3. The second-order valence-corrected chi connectivity index (χ2v) is 6.69. The monoisotopic (exact) mass is 355 g/mol. The molecular weight excluding hydrogens is 334 g/mol. The predicted octanol–water partition coefficient (Wildman–Crippen LogP) is 2.67. The van der Waals surface area contributed by atoms with Crippen LogP contribution in [0.25, 0.3) is 0 Å². The molecule has 2 saturated heterocycles. The van der Waals surface area contributed by atoms with E-state index in [1.807, 2.05) is 12.1 Å². The summed E-state index contributed by atoms with van der Waals surface area (Å²) in [5, 5.41) is 0. The SMILES string of the molecule is NCCc1cccc(Br)c1OC1CCOC2(CCOC2)C1. The standard InChI is InChI=1S/C16H22BrNO3/c17-14-3-1-2-12(4-7-18)15(14)21-13-5-8-20-16(10-13)6-9-19-11-16/h1-3,13H,4-11,18H2. The quantitative estimate of drug-likeness (QED) is 0.901. The van der Waals surface area contributed by atoms with E-state index in [0.29, 0.717) is 13.2 Å². The molecule has 0 bridgehead atoms.